The lowest BCUT2D eigenvalue weighted by Gasteiger charge is -2.14. The van der Waals surface area contributed by atoms with Crippen molar-refractivity contribution in [1.29, 1.82) is 0 Å². The van der Waals surface area contributed by atoms with E-state index in [1.165, 1.54) is 0 Å². The standard InChI is InChI=1S/C17H23N3O3/c1-20(12-16(21)18-9-6-10-22-2)13-17-19-11-15(23-17)14-7-4-3-5-8-14/h3-5,7-8,11H,6,9-10,12-13H2,1-2H3,(H,18,21). The molecule has 1 heterocycles. The predicted octanol–water partition coefficient (Wildman–Crippen LogP) is 1.93. The van der Waals surface area contributed by atoms with Gasteiger partial charge in [-0.15, -0.1) is 0 Å². The van der Waals surface area contributed by atoms with Crippen LogP contribution in [0.4, 0.5) is 0 Å². The zero-order valence-electron chi connectivity index (χ0n) is 13.6. The molecule has 1 amide bonds. The summed E-state index contributed by atoms with van der Waals surface area (Å²) >= 11 is 0. The summed E-state index contributed by atoms with van der Waals surface area (Å²) in [5, 5.41) is 2.85. The van der Waals surface area contributed by atoms with Gasteiger partial charge in [0.05, 0.1) is 19.3 Å². The monoisotopic (exact) mass is 317 g/mol. The van der Waals surface area contributed by atoms with Crippen molar-refractivity contribution in [2.75, 3.05) is 33.9 Å². The Hall–Kier alpha value is -2.18. The smallest absolute Gasteiger partial charge is 0.234 e. The molecule has 6 heteroatoms. The molecule has 0 aliphatic heterocycles. The van der Waals surface area contributed by atoms with Crippen molar-refractivity contribution < 1.29 is 13.9 Å². The third kappa shape index (κ3) is 5.84. The third-order valence-corrected chi connectivity index (χ3v) is 3.28. The lowest BCUT2D eigenvalue weighted by molar-refractivity contribution is -0.122. The first-order chi connectivity index (χ1) is 11.2. The van der Waals surface area contributed by atoms with E-state index in [1.807, 2.05) is 42.3 Å². The number of methoxy groups -OCH3 is 1. The van der Waals surface area contributed by atoms with Crippen molar-refractivity contribution in [3.8, 4) is 11.3 Å². The summed E-state index contributed by atoms with van der Waals surface area (Å²) in [5.41, 5.74) is 0.991. The van der Waals surface area contributed by atoms with Gasteiger partial charge in [-0.2, -0.15) is 0 Å². The zero-order valence-corrected chi connectivity index (χ0v) is 13.6. The molecule has 2 rings (SSSR count). The van der Waals surface area contributed by atoms with E-state index in [2.05, 4.69) is 10.3 Å². The van der Waals surface area contributed by atoms with Gasteiger partial charge in [-0.3, -0.25) is 9.69 Å². The fourth-order valence-corrected chi connectivity index (χ4v) is 2.15. The fourth-order valence-electron chi connectivity index (χ4n) is 2.15. The summed E-state index contributed by atoms with van der Waals surface area (Å²) in [6.45, 7) is 2.06. The number of hydrogen-bond acceptors (Lipinski definition) is 5. The molecule has 0 atom stereocenters. The van der Waals surface area contributed by atoms with Crippen LogP contribution in [0, 0.1) is 0 Å². The number of hydrogen-bond donors (Lipinski definition) is 1. The van der Waals surface area contributed by atoms with E-state index in [-0.39, 0.29) is 5.91 Å². The minimum Gasteiger partial charge on any atom is -0.439 e. The van der Waals surface area contributed by atoms with E-state index in [9.17, 15) is 4.79 Å². The summed E-state index contributed by atoms with van der Waals surface area (Å²) < 4.78 is 10.7. The van der Waals surface area contributed by atoms with Crippen molar-refractivity contribution in [3.63, 3.8) is 0 Å². The van der Waals surface area contributed by atoms with E-state index >= 15 is 0 Å². The van der Waals surface area contributed by atoms with Gasteiger partial charge in [-0.05, 0) is 13.5 Å². The van der Waals surface area contributed by atoms with Gasteiger partial charge in [0.1, 0.15) is 0 Å². The van der Waals surface area contributed by atoms with Crippen LogP contribution in [0.3, 0.4) is 0 Å². The van der Waals surface area contributed by atoms with Crippen LogP contribution in [-0.4, -0.2) is 49.6 Å². The summed E-state index contributed by atoms with van der Waals surface area (Å²) in [7, 11) is 3.51. The molecule has 1 aromatic heterocycles. The molecule has 1 aromatic carbocycles. The Morgan fingerprint density at radius 1 is 1.35 bits per heavy atom. The summed E-state index contributed by atoms with van der Waals surface area (Å²) in [6.07, 6.45) is 2.52. The van der Waals surface area contributed by atoms with Gasteiger partial charge in [-0.25, -0.2) is 4.98 Å². The quantitative estimate of drug-likeness (QED) is 0.716. The number of ether oxygens (including phenoxy) is 1. The Balaban J connectivity index is 1.78. The molecule has 0 aliphatic rings. The van der Waals surface area contributed by atoms with Crippen LogP contribution < -0.4 is 5.32 Å². The van der Waals surface area contributed by atoms with E-state index < -0.39 is 0 Å². The highest BCUT2D eigenvalue weighted by molar-refractivity contribution is 5.77. The maximum atomic E-state index is 11.8. The summed E-state index contributed by atoms with van der Waals surface area (Å²) in [4.78, 5) is 17.9. The molecular formula is C17H23N3O3. The van der Waals surface area contributed by atoms with Gasteiger partial charge < -0.3 is 14.5 Å². The van der Waals surface area contributed by atoms with Crippen molar-refractivity contribution >= 4 is 5.91 Å². The van der Waals surface area contributed by atoms with Gasteiger partial charge in [0.15, 0.2) is 5.76 Å². The Labute approximate surface area is 136 Å². The van der Waals surface area contributed by atoms with Crippen LogP contribution in [0.5, 0.6) is 0 Å². The number of carbonyl (C=O) groups excluding carboxylic acids is 1. The van der Waals surface area contributed by atoms with Gasteiger partial charge in [0.2, 0.25) is 11.8 Å². The van der Waals surface area contributed by atoms with E-state index in [1.54, 1.807) is 13.3 Å². The number of nitrogens with one attached hydrogen (secondary N) is 1. The van der Waals surface area contributed by atoms with Gasteiger partial charge >= 0.3 is 0 Å². The minimum atomic E-state index is -0.0153. The fraction of sp³-hybridized carbons (Fsp3) is 0.412. The first-order valence-corrected chi connectivity index (χ1v) is 7.63. The predicted molar refractivity (Wildman–Crippen MR) is 87.8 cm³/mol. The molecular weight excluding hydrogens is 294 g/mol. The van der Waals surface area contributed by atoms with Crippen LogP contribution >= 0.6 is 0 Å². The second-order valence-corrected chi connectivity index (χ2v) is 5.35. The molecule has 0 unspecified atom stereocenters. The zero-order chi connectivity index (χ0) is 16.5. The maximum Gasteiger partial charge on any atom is 0.234 e. The highest BCUT2D eigenvalue weighted by Gasteiger charge is 2.11. The second-order valence-electron chi connectivity index (χ2n) is 5.35. The number of likely N-dealkylation sites (N-methyl/N-ethyl adjacent to an activating group) is 1. The highest BCUT2D eigenvalue weighted by atomic mass is 16.5. The Bertz CT molecular complexity index is 598. The highest BCUT2D eigenvalue weighted by Crippen LogP contribution is 2.20. The largest absolute Gasteiger partial charge is 0.439 e. The van der Waals surface area contributed by atoms with Crippen LogP contribution in [0.25, 0.3) is 11.3 Å². The molecule has 0 radical (unpaired) electrons. The van der Waals surface area contributed by atoms with Crippen LogP contribution in [-0.2, 0) is 16.1 Å². The Kier molecular flexibility index (Phi) is 6.77. The molecule has 124 valence electrons. The van der Waals surface area contributed by atoms with Gasteiger partial charge in [-0.1, -0.05) is 30.3 Å². The molecule has 0 saturated carbocycles. The van der Waals surface area contributed by atoms with Crippen LogP contribution in [0.2, 0.25) is 0 Å². The number of rotatable bonds is 9. The van der Waals surface area contributed by atoms with Crippen LogP contribution in [0.15, 0.2) is 40.9 Å². The molecule has 0 spiro atoms. The maximum absolute atomic E-state index is 11.8. The van der Waals surface area contributed by atoms with Crippen molar-refractivity contribution in [1.82, 2.24) is 15.2 Å². The lowest BCUT2D eigenvalue weighted by atomic mass is 10.2. The molecule has 0 bridgehead atoms. The average molecular weight is 317 g/mol. The number of oxazole rings is 1. The summed E-state index contributed by atoms with van der Waals surface area (Å²) in [6, 6.07) is 9.82. The summed E-state index contributed by atoms with van der Waals surface area (Å²) in [5.74, 6) is 1.31. The molecule has 23 heavy (non-hydrogen) atoms. The van der Waals surface area contributed by atoms with Crippen molar-refractivity contribution in [3.05, 3.63) is 42.4 Å². The molecule has 2 aromatic rings. The van der Waals surface area contributed by atoms with Gasteiger partial charge in [0.25, 0.3) is 0 Å². The van der Waals surface area contributed by atoms with E-state index in [0.29, 0.717) is 32.1 Å². The van der Waals surface area contributed by atoms with Crippen molar-refractivity contribution in [2.24, 2.45) is 0 Å². The minimum absolute atomic E-state index is 0.0153. The van der Waals surface area contributed by atoms with Gasteiger partial charge in [0, 0.05) is 25.8 Å². The molecule has 0 fully saturated rings. The molecule has 0 aliphatic carbocycles. The number of amides is 1. The second kappa shape index (κ2) is 9.07. The van der Waals surface area contributed by atoms with E-state index in [4.69, 9.17) is 9.15 Å². The Morgan fingerprint density at radius 3 is 2.87 bits per heavy atom. The number of carbonyl (C=O) groups is 1. The average Bonchev–Trinajstić information content (AvgIpc) is 3.00. The number of aromatic nitrogens is 1. The van der Waals surface area contributed by atoms with E-state index in [0.717, 1.165) is 17.7 Å². The molecule has 6 nitrogen and oxygen atoms in total. The first-order valence-electron chi connectivity index (χ1n) is 7.63. The topological polar surface area (TPSA) is 67.6 Å². The molecule has 1 N–H and O–H groups in total. The Morgan fingerprint density at radius 2 is 2.13 bits per heavy atom. The number of benzene rings is 1. The van der Waals surface area contributed by atoms with Crippen molar-refractivity contribution in [2.45, 2.75) is 13.0 Å². The first kappa shape index (κ1) is 17.2. The number of nitrogens with zero attached hydrogens (tertiary/aromatic N) is 2. The lowest BCUT2D eigenvalue weighted by Crippen LogP contribution is -2.35. The normalized spacial score (nSPS) is 10.9. The molecule has 0 saturated heterocycles. The SMILES string of the molecule is COCCCNC(=O)CN(C)Cc1ncc(-c2ccccc2)o1. The van der Waals surface area contributed by atoms with Crippen LogP contribution in [0.1, 0.15) is 12.3 Å². The third-order valence-electron chi connectivity index (χ3n) is 3.28.